The summed E-state index contributed by atoms with van der Waals surface area (Å²) < 4.78 is 3.66. The molecule has 0 saturated carbocycles. The molecule has 100 valence electrons. The van der Waals surface area contributed by atoms with Gasteiger partial charge in [-0.05, 0) is 31.7 Å². The van der Waals surface area contributed by atoms with E-state index in [1.54, 1.807) is 0 Å². The molecule has 19 heavy (non-hydrogen) atoms. The summed E-state index contributed by atoms with van der Waals surface area (Å²) in [5, 5.41) is 12.8. The van der Waals surface area contributed by atoms with Crippen LogP contribution in [-0.2, 0) is 0 Å². The first-order valence-electron chi connectivity index (χ1n) is 5.81. The maximum atomic E-state index is 11.7. The molecule has 0 saturated heterocycles. The lowest BCUT2D eigenvalue weighted by Crippen LogP contribution is -2.19. The minimum Gasteiger partial charge on any atom is -0.313 e. The van der Waals surface area contributed by atoms with Gasteiger partial charge in [-0.1, -0.05) is 16.6 Å². The van der Waals surface area contributed by atoms with Crippen LogP contribution in [0.3, 0.4) is 0 Å². The van der Waals surface area contributed by atoms with Gasteiger partial charge in [-0.3, -0.25) is 5.32 Å². The van der Waals surface area contributed by atoms with Gasteiger partial charge in [0.25, 0.3) is 0 Å². The highest BCUT2D eigenvalue weighted by molar-refractivity contribution is 7.10. The predicted octanol–water partition coefficient (Wildman–Crippen LogP) is 2.46. The van der Waals surface area contributed by atoms with Crippen LogP contribution in [0.5, 0.6) is 0 Å². The van der Waals surface area contributed by atoms with Crippen LogP contribution in [0.1, 0.15) is 18.5 Å². The van der Waals surface area contributed by atoms with Gasteiger partial charge in [0.05, 0.1) is 6.20 Å². The summed E-state index contributed by atoms with van der Waals surface area (Å²) >= 11 is 1.13. The number of hydrogen-bond donors (Lipinski definition) is 3. The summed E-state index contributed by atoms with van der Waals surface area (Å²) in [6.45, 7) is 2.08. The Balaban J connectivity index is 1.94. The summed E-state index contributed by atoms with van der Waals surface area (Å²) in [5.74, 6) is 0. The number of rotatable bonds is 4. The molecule has 0 radical (unpaired) electrons. The predicted molar refractivity (Wildman–Crippen MR) is 76.5 cm³/mol. The standard InChI is InChI=1S/C12H15N5OS/c1-8(13-2)9-3-5-10(6-4-9)15-12(18)16-11-7-14-17-19-11/h3-8,13H,1-2H3,(H2,15,16,18). The zero-order valence-electron chi connectivity index (χ0n) is 10.7. The summed E-state index contributed by atoms with van der Waals surface area (Å²) in [5.41, 5.74) is 1.90. The fourth-order valence-electron chi connectivity index (χ4n) is 1.52. The molecule has 0 spiro atoms. The Labute approximate surface area is 115 Å². The lowest BCUT2D eigenvalue weighted by Gasteiger charge is -2.11. The normalized spacial score (nSPS) is 11.9. The Morgan fingerprint density at radius 3 is 2.58 bits per heavy atom. The van der Waals surface area contributed by atoms with E-state index in [1.807, 2.05) is 31.3 Å². The fraction of sp³-hybridized carbons (Fsp3) is 0.250. The van der Waals surface area contributed by atoms with Crippen LogP contribution < -0.4 is 16.0 Å². The molecule has 6 nitrogen and oxygen atoms in total. The molecule has 1 heterocycles. The molecule has 1 unspecified atom stereocenters. The van der Waals surface area contributed by atoms with Gasteiger partial charge < -0.3 is 10.6 Å². The Morgan fingerprint density at radius 2 is 2.00 bits per heavy atom. The molecule has 2 aromatic rings. The first kappa shape index (κ1) is 13.4. The van der Waals surface area contributed by atoms with Crippen LogP contribution in [0.2, 0.25) is 0 Å². The number of hydrogen-bond acceptors (Lipinski definition) is 5. The second-order valence-electron chi connectivity index (χ2n) is 3.99. The Kier molecular flexibility index (Phi) is 4.43. The largest absolute Gasteiger partial charge is 0.324 e. The number of urea groups is 1. The number of anilines is 2. The van der Waals surface area contributed by atoms with Crippen molar-refractivity contribution in [3.05, 3.63) is 36.0 Å². The van der Waals surface area contributed by atoms with Gasteiger partial charge in [0.2, 0.25) is 0 Å². The van der Waals surface area contributed by atoms with Crippen molar-refractivity contribution in [1.82, 2.24) is 14.9 Å². The smallest absolute Gasteiger partial charge is 0.313 e. The minimum atomic E-state index is -0.305. The third-order valence-corrected chi connectivity index (χ3v) is 3.28. The Hall–Kier alpha value is -1.99. The zero-order chi connectivity index (χ0) is 13.7. The number of amides is 2. The molecule has 0 bridgehead atoms. The van der Waals surface area contributed by atoms with E-state index in [1.165, 1.54) is 11.8 Å². The van der Waals surface area contributed by atoms with Crippen molar-refractivity contribution in [2.75, 3.05) is 17.7 Å². The summed E-state index contributed by atoms with van der Waals surface area (Å²) in [4.78, 5) is 11.7. The molecule has 2 rings (SSSR count). The van der Waals surface area contributed by atoms with Crippen LogP contribution in [0.15, 0.2) is 30.5 Å². The SMILES string of the molecule is CNC(C)c1ccc(NC(=O)Nc2cnns2)cc1. The average molecular weight is 277 g/mol. The highest BCUT2D eigenvalue weighted by Gasteiger charge is 2.05. The molecule has 3 N–H and O–H groups in total. The number of benzene rings is 1. The van der Waals surface area contributed by atoms with Gasteiger partial charge in [-0.25, -0.2) is 4.79 Å². The second kappa shape index (κ2) is 6.26. The minimum absolute atomic E-state index is 0.283. The van der Waals surface area contributed by atoms with Crippen molar-refractivity contribution in [2.24, 2.45) is 0 Å². The van der Waals surface area contributed by atoms with Crippen LogP contribution >= 0.6 is 11.5 Å². The van der Waals surface area contributed by atoms with Gasteiger partial charge in [0.15, 0.2) is 0 Å². The maximum Gasteiger partial charge on any atom is 0.324 e. The molecule has 2 amide bonds. The number of nitrogens with zero attached hydrogens (tertiary/aromatic N) is 2. The van der Waals surface area contributed by atoms with E-state index >= 15 is 0 Å². The molecule has 0 aliphatic carbocycles. The topological polar surface area (TPSA) is 78.9 Å². The molecule has 0 aliphatic rings. The fourth-order valence-corrected chi connectivity index (χ4v) is 1.93. The van der Waals surface area contributed by atoms with E-state index in [4.69, 9.17) is 0 Å². The van der Waals surface area contributed by atoms with Crippen molar-refractivity contribution in [2.45, 2.75) is 13.0 Å². The average Bonchev–Trinajstić information content (AvgIpc) is 2.91. The molecule has 1 atom stereocenters. The molecular formula is C12H15N5OS. The van der Waals surface area contributed by atoms with Crippen molar-refractivity contribution in [1.29, 1.82) is 0 Å². The van der Waals surface area contributed by atoms with Gasteiger partial charge >= 0.3 is 6.03 Å². The van der Waals surface area contributed by atoms with Crippen LogP contribution in [0.4, 0.5) is 15.5 Å². The van der Waals surface area contributed by atoms with E-state index in [2.05, 4.69) is 32.5 Å². The van der Waals surface area contributed by atoms with Crippen molar-refractivity contribution < 1.29 is 4.79 Å². The number of carbonyl (C=O) groups is 1. The molecule has 1 aromatic carbocycles. The second-order valence-corrected chi connectivity index (χ2v) is 4.78. The van der Waals surface area contributed by atoms with E-state index in [9.17, 15) is 4.79 Å². The first-order chi connectivity index (χ1) is 9.19. The zero-order valence-corrected chi connectivity index (χ0v) is 11.5. The molecule has 0 fully saturated rings. The van der Waals surface area contributed by atoms with Crippen LogP contribution in [0.25, 0.3) is 0 Å². The third kappa shape index (κ3) is 3.73. The van der Waals surface area contributed by atoms with Gasteiger partial charge in [-0.2, -0.15) is 0 Å². The molecule has 0 aliphatic heterocycles. The number of aromatic nitrogens is 2. The van der Waals surface area contributed by atoms with Crippen molar-refractivity contribution in [3.63, 3.8) is 0 Å². The Morgan fingerprint density at radius 1 is 1.26 bits per heavy atom. The van der Waals surface area contributed by atoms with E-state index in [-0.39, 0.29) is 12.1 Å². The monoisotopic (exact) mass is 277 g/mol. The van der Waals surface area contributed by atoms with Crippen molar-refractivity contribution in [3.8, 4) is 0 Å². The lowest BCUT2D eigenvalue weighted by atomic mass is 10.1. The summed E-state index contributed by atoms with van der Waals surface area (Å²) in [6.07, 6.45) is 1.50. The number of carbonyl (C=O) groups excluding carboxylic acids is 1. The van der Waals surface area contributed by atoms with Crippen molar-refractivity contribution >= 4 is 28.3 Å². The lowest BCUT2D eigenvalue weighted by molar-refractivity contribution is 0.262. The van der Waals surface area contributed by atoms with E-state index in [0.717, 1.165) is 17.2 Å². The highest BCUT2D eigenvalue weighted by atomic mass is 32.1. The molecule has 7 heteroatoms. The van der Waals surface area contributed by atoms with Crippen LogP contribution in [-0.4, -0.2) is 22.7 Å². The van der Waals surface area contributed by atoms with Gasteiger partial charge in [0, 0.05) is 23.3 Å². The van der Waals surface area contributed by atoms with Crippen LogP contribution in [0, 0.1) is 0 Å². The van der Waals surface area contributed by atoms with E-state index in [0.29, 0.717) is 5.00 Å². The van der Waals surface area contributed by atoms with E-state index < -0.39 is 0 Å². The first-order valence-corrected chi connectivity index (χ1v) is 6.59. The molecule has 1 aromatic heterocycles. The summed E-state index contributed by atoms with van der Waals surface area (Å²) in [7, 11) is 1.91. The summed E-state index contributed by atoms with van der Waals surface area (Å²) in [6, 6.07) is 7.67. The van der Waals surface area contributed by atoms with Gasteiger partial charge in [-0.15, -0.1) is 5.10 Å². The number of nitrogens with one attached hydrogen (secondary N) is 3. The quantitative estimate of drug-likeness (QED) is 0.802. The maximum absolute atomic E-state index is 11.7. The third-order valence-electron chi connectivity index (χ3n) is 2.70. The molecular weight excluding hydrogens is 262 g/mol. The Bertz CT molecular complexity index is 526. The van der Waals surface area contributed by atoms with Gasteiger partial charge in [0.1, 0.15) is 5.00 Å². The highest BCUT2D eigenvalue weighted by Crippen LogP contribution is 2.16.